The molecule has 1 heterocycles. The van der Waals surface area contributed by atoms with Crippen molar-refractivity contribution in [2.45, 2.75) is 39.7 Å². The van der Waals surface area contributed by atoms with Gasteiger partial charge in [0.2, 0.25) is 5.91 Å². The number of amides is 1. The van der Waals surface area contributed by atoms with E-state index in [1.54, 1.807) is 0 Å². The Bertz CT molecular complexity index is 260. The van der Waals surface area contributed by atoms with Gasteiger partial charge >= 0.3 is 0 Å². The lowest BCUT2D eigenvalue weighted by Crippen LogP contribution is -2.52. The third-order valence-electron chi connectivity index (χ3n) is 4.19. The summed E-state index contributed by atoms with van der Waals surface area (Å²) in [6, 6.07) is 0.244. The molecule has 0 aromatic carbocycles. The largest absolute Gasteiger partial charge is 0.381 e. The predicted molar refractivity (Wildman–Crippen MR) is 68.6 cm³/mol. The highest BCUT2D eigenvalue weighted by Crippen LogP contribution is 2.32. The Morgan fingerprint density at radius 1 is 1.35 bits per heavy atom. The zero-order chi connectivity index (χ0) is 13.1. The van der Waals surface area contributed by atoms with Gasteiger partial charge in [-0.05, 0) is 25.7 Å². The molecule has 0 saturated carbocycles. The van der Waals surface area contributed by atoms with E-state index in [2.05, 4.69) is 20.8 Å². The summed E-state index contributed by atoms with van der Waals surface area (Å²) in [5.41, 5.74) is 5.46. The fraction of sp³-hybridized carbons (Fsp3) is 0.923. The van der Waals surface area contributed by atoms with E-state index >= 15 is 0 Å². The molecule has 4 heteroatoms. The molecular weight excluding hydrogens is 216 g/mol. The van der Waals surface area contributed by atoms with Crippen molar-refractivity contribution in [2.75, 3.05) is 26.8 Å². The van der Waals surface area contributed by atoms with E-state index in [9.17, 15) is 4.79 Å². The van der Waals surface area contributed by atoms with Crippen molar-refractivity contribution in [3.8, 4) is 0 Å². The predicted octanol–water partition coefficient (Wildman–Crippen LogP) is 1.24. The Morgan fingerprint density at radius 3 is 2.29 bits per heavy atom. The van der Waals surface area contributed by atoms with Crippen LogP contribution in [-0.4, -0.2) is 43.7 Å². The second kappa shape index (κ2) is 5.83. The van der Waals surface area contributed by atoms with Gasteiger partial charge in [0.25, 0.3) is 0 Å². The van der Waals surface area contributed by atoms with E-state index in [4.69, 9.17) is 10.5 Å². The average molecular weight is 242 g/mol. The van der Waals surface area contributed by atoms with Gasteiger partial charge < -0.3 is 15.4 Å². The van der Waals surface area contributed by atoms with Crippen LogP contribution in [0.15, 0.2) is 0 Å². The van der Waals surface area contributed by atoms with Crippen molar-refractivity contribution in [1.29, 1.82) is 0 Å². The van der Waals surface area contributed by atoms with Crippen LogP contribution in [-0.2, 0) is 9.53 Å². The van der Waals surface area contributed by atoms with Crippen molar-refractivity contribution in [3.05, 3.63) is 0 Å². The van der Waals surface area contributed by atoms with Crippen LogP contribution in [0.2, 0.25) is 0 Å². The highest BCUT2D eigenvalue weighted by Gasteiger charge is 2.41. The first-order valence-corrected chi connectivity index (χ1v) is 6.49. The van der Waals surface area contributed by atoms with Crippen LogP contribution in [0, 0.1) is 11.3 Å². The minimum absolute atomic E-state index is 0.185. The molecule has 4 nitrogen and oxygen atoms in total. The first-order valence-electron chi connectivity index (χ1n) is 6.49. The fourth-order valence-corrected chi connectivity index (χ4v) is 2.27. The van der Waals surface area contributed by atoms with E-state index in [-0.39, 0.29) is 11.9 Å². The molecule has 0 spiro atoms. The smallest absolute Gasteiger partial charge is 0.230 e. The fourth-order valence-electron chi connectivity index (χ4n) is 2.27. The molecule has 1 unspecified atom stereocenters. The lowest BCUT2D eigenvalue weighted by atomic mass is 9.78. The minimum Gasteiger partial charge on any atom is -0.381 e. The number of rotatable bonds is 4. The molecular formula is C13H26N2O2. The number of carbonyl (C=O) groups excluding carboxylic acids is 1. The van der Waals surface area contributed by atoms with Crippen molar-refractivity contribution in [2.24, 2.45) is 17.1 Å². The number of nitrogens with zero attached hydrogens (tertiary/aromatic N) is 1. The summed E-state index contributed by atoms with van der Waals surface area (Å²) >= 11 is 0. The van der Waals surface area contributed by atoms with Gasteiger partial charge in [-0.3, -0.25) is 4.79 Å². The summed E-state index contributed by atoms with van der Waals surface area (Å²) in [6.07, 6.45) is 1.50. The quantitative estimate of drug-likeness (QED) is 0.807. The van der Waals surface area contributed by atoms with Crippen LogP contribution in [0.5, 0.6) is 0 Å². The SMILES string of the molecule is CC(C)C(C)N(C)C(=O)C1(CN)CCOCC1. The summed E-state index contributed by atoms with van der Waals surface area (Å²) < 4.78 is 5.34. The third-order valence-corrected chi connectivity index (χ3v) is 4.19. The number of ether oxygens (including phenoxy) is 1. The van der Waals surface area contributed by atoms with Gasteiger partial charge in [0, 0.05) is 32.8 Å². The van der Waals surface area contributed by atoms with Gasteiger partial charge in [-0.2, -0.15) is 0 Å². The Balaban J connectivity index is 2.78. The number of hydrogen-bond acceptors (Lipinski definition) is 3. The molecule has 0 radical (unpaired) electrons. The van der Waals surface area contributed by atoms with E-state index < -0.39 is 5.41 Å². The zero-order valence-corrected chi connectivity index (χ0v) is 11.5. The first-order chi connectivity index (χ1) is 7.94. The number of nitrogens with two attached hydrogens (primary N) is 1. The van der Waals surface area contributed by atoms with Gasteiger partial charge in [0.15, 0.2) is 0 Å². The molecule has 0 aliphatic carbocycles. The minimum atomic E-state index is -0.393. The molecule has 1 atom stereocenters. The van der Waals surface area contributed by atoms with Crippen LogP contribution in [0.1, 0.15) is 33.6 Å². The summed E-state index contributed by atoms with van der Waals surface area (Å²) in [7, 11) is 1.89. The summed E-state index contributed by atoms with van der Waals surface area (Å²) in [5, 5.41) is 0. The molecule has 1 saturated heterocycles. The van der Waals surface area contributed by atoms with Gasteiger partial charge in [0.05, 0.1) is 5.41 Å². The highest BCUT2D eigenvalue weighted by molar-refractivity contribution is 5.83. The van der Waals surface area contributed by atoms with Gasteiger partial charge in [-0.15, -0.1) is 0 Å². The summed E-state index contributed by atoms with van der Waals surface area (Å²) in [4.78, 5) is 14.5. The Kier molecular flexibility index (Phi) is 4.95. The molecule has 17 heavy (non-hydrogen) atoms. The van der Waals surface area contributed by atoms with Gasteiger partial charge in [-0.25, -0.2) is 0 Å². The molecule has 2 N–H and O–H groups in total. The van der Waals surface area contributed by atoms with Gasteiger partial charge in [0.1, 0.15) is 0 Å². The van der Waals surface area contributed by atoms with Crippen LogP contribution in [0.3, 0.4) is 0 Å². The van der Waals surface area contributed by atoms with Crippen LogP contribution < -0.4 is 5.73 Å². The molecule has 0 bridgehead atoms. The molecule has 1 aliphatic heterocycles. The summed E-state index contributed by atoms with van der Waals surface area (Å²) in [6.45, 7) is 8.07. The topological polar surface area (TPSA) is 55.6 Å². The Hall–Kier alpha value is -0.610. The Morgan fingerprint density at radius 2 is 1.88 bits per heavy atom. The van der Waals surface area contributed by atoms with Crippen LogP contribution in [0.25, 0.3) is 0 Å². The summed E-state index contributed by atoms with van der Waals surface area (Å²) in [5.74, 6) is 0.642. The lowest BCUT2D eigenvalue weighted by molar-refractivity contribution is -0.148. The second-order valence-corrected chi connectivity index (χ2v) is 5.50. The standard InChI is InChI=1S/C13H26N2O2/c1-10(2)11(3)15(4)12(16)13(9-14)5-7-17-8-6-13/h10-11H,5-9,14H2,1-4H3. The number of hydrogen-bond donors (Lipinski definition) is 1. The molecule has 1 amide bonds. The van der Waals surface area contributed by atoms with Gasteiger partial charge in [-0.1, -0.05) is 13.8 Å². The molecule has 100 valence electrons. The normalized spacial score (nSPS) is 21.3. The van der Waals surface area contributed by atoms with Crippen molar-refractivity contribution in [3.63, 3.8) is 0 Å². The first kappa shape index (κ1) is 14.5. The van der Waals surface area contributed by atoms with Crippen LogP contribution in [0.4, 0.5) is 0 Å². The third kappa shape index (κ3) is 2.99. The monoisotopic (exact) mass is 242 g/mol. The zero-order valence-electron chi connectivity index (χ0n) is 11.5. The number of carbonyl (C=O) groups is 1. The molecule has 1 rings (SSSR count). The highest BCUT2D eigenvalue weighted by atomic mass is 16.5. The molecule has 1 aliphatic rings. The van der Waals surface area contributed by atoms with E-state index in [1.165, 1.54) is 0 Å². The van der Waals surface area contributed by atoms with E-state index in [0.717, 1.165) is 12.8 Å². The van der Waals surface area contributed by atoms with Crippen molar-refractivity contribution in [1.82, 2.24) is 4.90 Å². The maximum atomic E-state index is 12.6. The lowest BCUT2D eigenvalue weighted by Gasteiger charge is -2.40. The Labute approximate surface area is 104 Å². The average Bonchev–Trinajstić information content (AvgIpc) is 2.36. The van der Waals surface area contributed by atoms with E-state index in [1.807, 2.05) is 11.9 Å². The molecule has 0 aromatic heterocycles. The van der Waals surface area contributed by atoms with E-state index in [0.29, 0.717) is 25.7 Å². The molecule has 0 aromatic rings. The van der Waals surface area contributed by atoms with Crippen molar-refractivity contribution < 1.29 is 9.53 Å². The maximum absolute atomic E-state index is 12.6. The van der Waals surface area contributed by atoms with Crippen LogP contribution >= 0.6 is 0 Å². The van der Waals surface area contributed by atoms with Crippen molar-refractivity contribution >= 4 is 5.91 Å². The molecule has 1 fully saturated rings. The second-order valence-electron chi connectivity index (χ2n) is 5.50. The maximum Gasteiger partial charge on any atom is 0.230 e.